The van der Waals surface area contributed by atoms with Gasteiger partial charge in [0, 0.05) is 18.0 Å². The Morgan fingerprint density at radius 1 is 1.44 bits per heavy atom. The van der Waals surface area contributed by atoms with Crippen LogP contribution in [0.5, 0.6) is 0 Å². The van der Waals surface area contributed by atoms with E-state index in [1.54, 1.807) is 0 Å². The largest absolute Gasteiger partial charge is 0.349 e. The Morgan fingerprint density at radius 2 is 2.17 bits per heavy atom. The number of benzene rings is 1. The second kappa shape index (κ2) is 5.18. The standard InChI is InChI=1S/C13H18N4O/c1-8(2)10(14)7-15-13(18)12-9-5-3-4-6-11(9)16-17-12/h3-6,8,10H,7,14H2,1-2H3,(H,15,18)(H,16,17). The van der Waals surface area contributed by atoms with E-state index >= 15 is 0 Å². The number of carbonyl (C=O) groups is 1. The molecule has 18 heavy (non-hydrogen) atoms. The molecule has 4 N–H and O–H groups in total. The van der Waals surface area contributed by atoms with Gasteiger partial charge in [-0.2, -0.15) is 5.10 Å². The molecule has 0 fully saturated rings. The molecule has 1 aromatic heterocycles. The highest BCUT2D eigenvalue weighted by Crippen LogP contribution is 2.14. The smallest absolute Gasteiger partial charge is 0.272 e. The molecule has 0 aliphatic heterocycles. The summed E-state index contributed by atoms with van der Waals surface area (Å²) in [6.45, 7) is 4.51. The van der Waals surface area contributed by atoms with E-state index in [1.165, 1.54) is 0 Å². The highest BCUT2D eigenvalue weighted by molar-refractivity contribution is 6.04. The van der Waals surface area contributed by atoms with Gasteiger partial charge in [-0.3, -0.25) is 9.89 Å². The highest BCUT2D eigenvalue weighted by atomic mass is 16.1. The quantitative estimate of drug-likeness (QED) is 0.759. The van der Waals surface area contributed by atoms with Gasteiger partial charge in [0.1, 0.15) is 0 Å². The van der Waals surface area contributed by atoms with Crippen molar-refractivity contribution in [2.24, 2.45) is 11.7 Å². The summed E-state index contributed by atoms with van der Waals surface area (Å²) in [6.07, 6.45) is 0. The van der Waals surface area contributed by atoms with Crippen molar-refractivity contribution < 1.29 is 4.79 Å². The Labute approximate surface area is 106 Å². The fourth-order valence-corrected chi connectivity index (χ4v) is 1.67. The first-order chi connectivity index (χ1) is 8.59. The Bertz CT molecular complexity index is 547. The van der Waals surface area contributed by atoms with E-state index < -0.39 is 0 Å². The predicted molar refractivity (Wildman–Crippen MR) is 71.2 cm³/mol. The number of nitrogens with zero attached hydrogens (tertiary/aromatic N) is 1. The van der Waals surface area contributed by atoms with Gasteiger partial charge in [0.25, 0.3) is 5.91 Å². The van der Waals surface area contributed by atoms with Crippen LogP contribution in [0.4, 0.5) is 0 Å². The van der Waals surface area contributed by atoms with Crippen molar-refractivity contribution in [3.63, 3.8) is 0 Å². The molecule has 2 rings (SSSR count). The second-order valence-corrected chi connectivity index (χ2v) is 4.74. The van der Waals surface area contributed by atoms with Gasteiger partial charge < -0.3 is 11.1 Å². The van der Waals surface area contributed by atoms with E-state index in [1.807, 2.05) is 38.1 Å². The molecule has 1 aromatic carbocycles. The summed E-state index contributed by atoms with van der Waals surface area (Å²) in [5.41, 5.74) is 7.16. The minimum Gasteiger partial charge on any atom is -0.349 e. The number of hydrogen-bond donors (Lipinski definition) is 3. The lowest BCUT2D eigenvalue weighted by atomic mass is 10.1. The second-order valence-electron chi connectivity index (χ2n) is 4.74. The summed E-state index contributed by atoms with van der Waals surface area (Å²) in [5.74, 6) is 0.143. The van der Waals surface area contributed by atoms with Gasteiger partial charge in [-0.05, 0) is 12.0 Å². The van der Waals surface area contributed by atoms with Crippen LogP contribution in [0.2, 0.25) is 0 Å². The van der Waals surface area contributed by atoms with Crippen LogP contribution in [-0.2, 0) is 0 Å². The molecule has 0 saturated carbocycles. The van der Waals surface area contributed by atoms with Crippen molar-refractivity contribution in [3.8, 4) is 0 Å². The first-order valence-electron chi connectivity index (χ1n) is 6.06. The van der Waals surface area contributed by atoms with Crippen LogP contribution in [0.3, 0.4) is 0 Å². The Morgan fingerprint density at radius 3 is 2.89 bits per heavy atom. The van der Waals surface area contributed by atoms with Gasteiger partial charge in [-0.1, -0.05) is 32.0 Å². The normalized spacial score (nSPS) is 12.9. The third kappa shape index (κ3) is 2.51. The third-order valence-electron chi connectivity index (χ3n) is 3.04. The lowest BCUT2D eigenvalue weighted by molar-refractivity contribution is 0.0946. The highest BCUT2D eigenvalue weighted by Gasteiger charge is 2.15. The van der Waals surface area contributed by atoms with Gasteiger partial charge in [-0.15, -0.1) is 0 Å². The molecule has 0 aliphatic carbocycles. The van der Waals surface area contributed by atoms with E-state index in [9.17, 15) is 4.79 Å². The molecule has 1 heterocycles. The molecule has 96 valence electrons. The van der Waals surface area contributed by atoms with Crippen LogP contribution >= 0.6 is 0 Å². The number of fused-ring (bicyclic) bond motifs is 1. The molecular formula is C13H18N4O. The molecule has 0 spiro atoms. The van der Waals surface area contributed by atoms with Crippen molar-refractivity contribution in [1.29, 1.82) is 0 Å². The van der Waals surface area contributed by atoms with Crippen molar-refractivity contribution in [2.45, 2.75) is 19.9 Å². The lowest BCUT2D eigenvalue weighted by Gasteiger charge is -2.15. The van der Waals surface area contributed by atoms with Crippen molar-refractivity contribution in [2.75, 3.05) is 6.54 Å². The fraction of sp³-hybridized carbons (Fsp3) is 0.385. The average molecular weight is 246 g/mol. The number of carbonyl (C=O) groups excluding carboxylic acids is 1. The number of H-pyrrole nitrogens is 1. The summed E-state index contributed by atoms with van der Waals surface area (Å²) >= 11 is 0. The van der Waals surface area contributed by atoms with Crippen molar-refractivity contribution in [3.05, 3.63) is 30.0 Å². The molecule has 1 amide bonds. The van der Waals surface area contributed by atoms with Crippen molar-refractivity contribution in [1.82, 2.24) is 15.5 Å². The fourth-order valence-electron chi connectivity index (χ4n) is 1.67. The summed E-state index contributed by atoms with van der Waals surface area (Å²) in [6, 6.07) is 7.50. The number of nitrogens with two attached hydrogens (primary N) is 1. The SMILES string of the molecule is CC(C)C(N)CNC(=O)c1n[nH]c2ccccc12. The number of aromatic amines is 1. The molecule has 1 atom stereocenters. The van der Waals surface area contributed by atoms with Crippen LogP contribution in [0.25, 0.3) is 10.9 Å². The topological polar surface area (TPSA) is 83.8 Å². The lowest BCUT2D eigenvalue weighted by Crippen LogP contribution is -2.40. The maximum atomic E-state index is 12.0. The van der Waals surface area contributed by atoms with E-state index in [2.05, 4.69) is 15.5 Å². The van der Waals surface area contributed by atoms with Gasteiger partial charge >= 0.3 is 0 Å². The summed E-state index contributed by atoms with van der Waals surface area (Å²) < 4.78 is 0. The number of para-hydroxylation sites is 1. The Balaban J connectivity index is 2.10. The minimum absolute atomic E-state index is 0.0424. The number of aromatic nitrogens is 2. The number of amides is 1. The van der Waals surface area contributed by atoms with E-state index in [0.29, 0.717) is 18.2 Å². The predicted octanol–water partition coefficient (Wildman–Crippen LogP) is 1.28. The molecule has 2 aromatic rings. The third-order valence-corrected chi connectivity index (χ3v) is 3.04. The van der Waals surface area contributed by atoms with E-state index in [0.717, 1.165) is 10.9 Å². The summed E-state index contributed by atoms with van der Waals surface area (Å²) in [5, 5.41) is 10.5. The molecule has 0 saturated heterocycles. The maximum Gasteiger partial charge on any atom is 0.272 e. The van der Waals surface area contributed by atoms with Crippen LogP contribution in [0.15, 0.2) is 24.3 Å². The maximum absolute atomic E-state index is 12.0. The minimum atomic E-state index is -0.191. The molecule has 1 unspecified atom stereocenters. The zero-order valence-corrected chi connectivity index (χ0v) is 10.6. The first-order valence-corrected chi connectivity index (χ1v) is 6.06. The van der Waals surface area contributed by atoms with Crippen molar-refractivity contribution >= 4 is 16.8 Å². The van der Waals surface area contributed by atoms with Gasteiger partial charge in [0.05, 0.1) is 5.52 Å². The number of hydrogen-bond acceptors (Lipinski definition) is 3. The van der Waals surface area contributed by atoms with Gasteiger partial charge in [-0.25, -0.2) is 0 Å². The zero-order valence-electron chi connectivity index (χ0n) is 10.6. The monoisotopic (exact) mass is 246 g/mol. The Kier molecular flexibility index (Phi) is 3.62. The van der Waals surface area contributed by atoms with Gasteiger partial charge in [0.15, 0.2) is 5.69 Å². The first kappa shape index (κ1) is 12.6. The zero-order chi connectivity index (χ0) is 13.1. The summed E-state index contributed by atoms with van der Waals surface area (Å²) in [4.78, 5) is 12.0. The molecular weight excluding hydrogens is 228 g/mol. The molecule has 0 radical (unpaired) electrons. The van der Waals surface area contributed by atoms with Crippen LogP contribution < -0.4 is 11.1 Å². The number of rotatable bonds is 4. The van der Waals surface area contributed by atoms with Crippen LogP contribution in [0.1, 0.15) is 24.3 Å². The van der Waals surface area contributed by atoms with Gasteiger partial charge in [0.2, 0.25) is 0 Å². The van der Waals surface area contributed by atoms with Crippen LogP contribution in [0, 0.1) is 5.92 Å². The molecule has 0 bridgehead atoms. The number of nitrogens with one attached hydrogen (secondary N) is 2. The van der Waals surface area contributed by atoms with Crippen LogP contribution in [-0.4, -0.2) is 28.7 Å². The average Bonchev–Trinajstić information content (AvgIpc) is 2.79. The Hall–Kier alpha value is -1.88. The van der Waals surface area contributed by atoms with E-state index in [-0.39, 0.29) is 11.9 Å². The summed E-state index contributed by atoms with van der Waals surface area (Å²) in [7, 11) is 0. The molecule has 5 nitrogen and oxygen atoms in total. The molecule has 0 aliphatic rings. The molecule has 5 heteroatoms. The van der Waals surface area contributed by atoms with E-state index in [4.69, 9.17) is 5.73 Å².